The predicted molar refractivity (Wildman–Crippen MR) is 141 cm³/mol. The van der Waals surface area contributed by atoms with E-state index in [9.17, 15) is 18.0 Å². The molecule has 4 aromatic rings. The van der Waals surface area contributed by atoms with Crippen LogP contribution in [0.3, 0.4) is 0 Å². The zero-order valence-corrected chi connectivity index (χ0v) is 20.7. The molecule has 3 aliphatic heterocycles. The monoisotopic (exact) mass is 528 g/mol. The van der Waals surface area contributed by atoms with Gasteiger partial charge in [-0.1, -0.05) is 18.2 Å². The van der Waals surface area contributed by atoms with E-state index in [1.807, 2.05) is 36.4 Å². The van der Waals surface area contributed by atoms with E-state index in [1.165, 1.54) is 12.1 Å². The van der Waals surface area contributed by atoms with Gasteiger partial charge < -0.3 is 19.7 Å². The summed E-state index contributed by atoms with van der Waals surface area (Å²) in [4.78, 5) is 15.5. The van der Waals surface area contributed by atoms with E-state index < -0.39 is 23.3 Å². The number of carbonyl (C=O) groups excluding carboxylic acids is 1. The van der Waals surface area contributed by atoms with Crippen molar-refractivity contribution in [3.8, 4) is 11.5 Å². The number of esters is 1. The molecule has 0 saturated carbocycles. The first-order valence-corrected chi connectivity index (χ1v) is 12.8. The minimum atomic E-state index is -4.41. The van der Waals surface area contributed by atoms with E-state index in [1.54, 1.807) is 24.3 Å². The van der Waals surface area contributed by atoms with Gasteiger partial charge in [0.1, 0.15) is 11.5 Å². The van der Waals surface area contributed by atoms with Gasteiger partial charge in [0.2, 0.25) is 0 Å². The Kier molecular flexibility index (Phi) is 5.17. The summed E-state index contributed by atoms with van der Waals surface area (Å²) in [5.41, 5.74) is 2.80. The van der Waals surface area contributed by atoms with E-state index in [2.05, 4.69) is 10.2 Å². The van der Waals surface area contributed by atoms with Crippen LogP contribution in [0.25, 0.3) is 0 Å². The second-order valence-corrected chi connectivity index (χ2v) is 10.0. The van der Waals surface area contributed by atoms with Gasteiger partial charge in [-0.3, -0.25) is 0 Å². The molecule has 196 valence electrons. The molecule has 1 saturated heterocycles. The van der Waals surface area contributed by atoms with E-state index in [0.717, 1.165) is 54.9 Å². The molecule has 0 bridgehead atoms. The summed E-state index contributed by atoms with van der Waals surface area (Å²) in [5, 5.41) is 3.17. The Bertz CT molecular complexity index is 1610. The number of fused-ring (bicyclic) bond motifs is 6. The number of alkyl halides is 3. The Morgan fingerprint density at radius 2 is 1.51 bits per heavy atom. The van der Waals surface area contributed by atoms with Gasteiger partial charge in [0.15, 0.2) is 5.60 Å². The van der Waals surface area contributed by atoms with E-state index in [-0.39, 0.29) is 0 Å². The highest BCUT2D eigenvalue weighted by molar-refractivity contribution is 5.97. The topological polar surface area (TPSA) is 50.8 Å². The van der Waals surface area contributed by atoms with E-state index in [4.69, 9.17) is 9.47 Å². The molecular weight excluding hydrogens is 505 g/mol. The van der Waals surface area contributed by atoms with Crippen molar-refractivity contribution < 1.29 is 27.4 Å². The fourth-order valence-corrected chi connectivity index (χ4v) is 5.82. The SMILES string of the molecule is O=C1OC2(c3ccc(N4CCCC4)cc3Oc3ccc(Nc4ccc(C(F)(F)F)cc4)cc32)c2ccccc21. The van der Waals surface area contributed by atoms with Crippen molar-refractivity contribution in [2.24, 2.45) is 0 Å². The van der Waals surface area contributed by atoms with Crippen LogP contribution in [0.5, 0.6) is 11.5 Å². The summed E-state index contributed by atoms with van der Waals surface area (Å²) in [7, 11) is 0. The lowest BCUT2D eigenvalue weighted by atomic mass is 9.77. The van der Waals surface area contributed by atoms with Gasteiger partial charge >= 0.3 is 12.1 Å². The first kappa shape index (κ1) is 23.6. The van der Waals surface area contributed by atoms with Crippen molar-refractivity contribution in [2.75, 3.05) is 23.3 Å². The van der Waals surface area contributed by atoms with Crippen LogP contribution in [0, 0.1) is 0 Å². The predicted octanol–water partition coefficient (Wildman–Crippen LogP) is 7.62. The minimum absolute atomic E-state index is 0.422. The molecule has 0 aliphatic carbocycles. The van der Waals surface area contributed by atoms with Gasteiger partial charge in [-0.15, -0.1) is 0 Å². The molecule has 1 N–H and O–H groups in total. The van der Waals surface area contributed by atoms with Gasteiger partial charge in [-0.05, 0) is 73.5 Å². The van der Waals surface area contributed by atoms with Gasteiger partial charge in [-0.25, -0.2) is 4.79 Å². The Morgan fingerprint density at radius 3 is 2.28 bits per heavy atom. The normalized spacial score (nSPS) is 19.3. The third-order valence-corrected chi connectivity index (χ3v) is 7.67. The van der Waals surface area contributed by atoms with Crippen molar-refractivity contribution in [3.63, 3.8) is 0 Å². The van der Waals surface area contributed by atoms with E-state index >= 15 is 0 Å². The van der Waals surface area contributed by atoms with Crippen molar-refractivity contribution >= 4 is 23.0 Å². The molecule has 0 amide bonds. The molecule has 8 heteroatoms. The molecule has 1 atom stereocenters. The number of nitrogens with zero attached hydrogens (tertiary/aromatic N) is 1. The Balaban J connectivity index is 1.34. The molecular formula is C31H23F3N2O3. The number of anilines is 3. The first-order chi connectivity index (χ1) is 18.8. The second kappa shape index (κ2) is 8.53. The number of carbonyl (C=O) groups is 1. The summed E-state index contributed by atoms with van der Waals surface area (Å²) in [6.45, 7) is 1.97. The van der Waals surface area contributed by atoms with Crippen LogP contribution in [-0.4, -0.2) is 19.1 Å². The first-order valence-electron chi connectivity index (χ1n) is 12.8. The molecule has 3 heterocycles. The van der Waals surface area contributed by atoms with Crippen LogP contribution in [0.2, 0.25) is 0 Å². The lowest BCUT2D eigenvalue weighted by Gasteiger charge is -2.37. The zero-order valence-electron chi connectivity index (χ0n) is 20.7. The zero-order chi connectivity index (χ0) is 26.8. The summed E-state index contributed by atoms with van der Waals surface area (Å²) in [5.74, 6) is 0.748. The van der Waals surface area contributed by atoms with Crippen LogP contribution < -0.4 is 15.0 Å². The lowest BCUT2D eigenvalue weighted by molar-refractivity contribution is -0.137. The van der Waals surface area contributed by atoms with Crippen molar-refractivity contribution in [2.45, 2.75) is 24.6 Å². The second-order valence-electron chi connectivity index (χ2n) is 10.0. The van der Waals surface area contributed by atoms with Crippen LogP contribution in [0.4, 0.5) is 30.2 Å². The number of hydrogen-bond donors (Lipinski definition) is 1. The molecule has 1 fully saturated rings. The molecule has 7 rings (SSSR count). The van der Waals surface area contributed by atoms with Gasteiger partial charge in [0.05, 0.1) is 11.1 Å². The molecule has 1 spiro atoms. The average Bonchev–Trinajstić information content (AvgIpc) is 3.57. The largest absolute Gasteiger partial charge is 0.456 e. The fraction of sp³-hybridized carbons (Fsp3) is 0.194. The number of nitrogens with one attached hydrogen (secondary N) is 1. The number of hydrogen-bond acceptors (Lipinski definition) is 5. The third kappa shape index (κ3) is 3.73. The van der Waals surface area contributed by atoms with Crippen molar-refractivity contribution in [3.05, 3.63) is 113 Å². The highest BCUT2D eigenvalue weighted by Gasteiger charge is 2.53. The van der Waals surface area contributed by atoms with Gasteiger partial charge in [-0.2, -0.15) is 13.2 Å². The van der Waals surface area contributed by atoms with Crippen LogP contribution in [0.15, 0.2) is 84.9 Å². The number of halogens is 3. The molecule has 0 aromatic heterocycles. The van der Waals surface area contributed by atoms with Crippen molar-refractivity contribution in [1.82, 2.24) is 0 Å². The molecule has 0 radical (unpaired) electrons. The quantitative estimate of drug-likeness (QED) is 0.277. The average molecular weight is 529 g/mol. The number of rotatable bonds is 3. The molecule has 1 unspecified atom stereocenters. The molecule has 5 nitrogen and oxygen atoms in total. The maximum absolute atomic E-state index is 13.1. The van der Waals surface area contributed by atoms with Crippen LogP contribution in [0.1, 0.15) is 45.5 Å². The summed E-state index contributed by atoms with van der Waals surface area (Å²) in [6.07, 6.45) is -2.12. The maximum atomic E-state index is 13.1. The molecule has 3 aliphatic rings. The van der Waals surface area contributed by atoms with Gasteiger partial charge in [0, 0.05) is 52.9 Å². The third-order valence-electron chi connectivity index (χ3n) is 7.67. The minimum Gasteiger partial charge on any atom is -0.456 e. The molecule has 39 heavy (non-hydrogen) atoms. The Hall–Kier alpha value is -4.46. The fourth-order valence-electron chi connectivity index (χ4n) is 5.82. The highest BCUT2D eigenvalue weighted by Crippen LogP contribution is 2.57. The summed E-state index contributed by atoms with van der Waals surface area (Å²) < 4.78 is 51.7. The standard InChI is InChI=1S/C31H23F3N2O3/c32-31(33,34)19-7-9-20(10-8-19)35-21-11-14-27-26(17-21)30(24-6-2-1-5-23(24)29(37)39-30)25-13-12-22(18-28(25)38-27)36-15-3-4-16-36/h1-2,5-14,17-18,35H,3-4,15-16H2. The Morgan fingerprint density at radius 1 is 0.769 bits per heavy atom. The maximum Gasteiger partial charge on any atom is 0.416 e. The smallest absolute Gasteiger partial charge is 0.416 e. The van der Waals surface area contributed by atoms with E-state index in [0.29, 0.717) is 34.0 Å². The summed E-state index contributed by atoms with van der Waals surface area (Å²) >= 11 is 0. The summed E-state index contributed by atoms with van der Waals surface area (Å²) in [6, 6.07) is 23.6. The number of benzene rings is 4. The highest BCUT2D eigenvalue weighted by atomic mass is 19.4. The number of ether oxygens (including phenoxy) is 2. The van der Waals surface area contributed by atoms with Crippen LogP contribution >= 0.6 is 0 Å². The lowest BCUT2D eigenvalue weighted by Crippen LogP contribution is -2.33. The van der Waals surface area contributed by atoms with Crippen LogP contribution in [-0.2, 0) is 16.5 Å². The molecule has 4 aromatic carbocycles. The van der Waals surface area contributed by atoms with Gasteiger partial charge in [0.25, 0.3) is 0 Å². The van der Waals surface area contributed by atoms with Crippen molar-refractivity contribution in [1.29, 1.82) is 0 Å². The Labute approximate surface area is 222 Å².